The van der Waals surface area contributed by atoms with Gasteiger partial charge in [-0.25, -0.2) is 0 Å². The molecule has 5 rings (SSSR count). The lowest BCUT2D eigenvalue weighted by molar-refractivity contribution is 0.259. The molecule has 0 N–H and O–H groups in total. The summed E-state index contributed by atoms with van der Waals surface area (Å²) >= 11 is 0. The summed E-state index contributed by atoms with van der Waals surface area (Å²) in [6, 6.07) is 0. The van der Waals surface area contributed by atoms with Crippen LogP contribution in [0.4, 0.5) is 0 Å². The minimum absolute atomic E-state index is 0.738. The summed E-state index contributed by atoms with van der Waals surface area (Å²) in [5, 5.41) is 0. The van der Waals surface area contributed by atoms with Crippen LogP contribution in [0.1, 0.15) is 58.8 Å². The van der Waals surface area contributed by atoms with Crippen molar-refractivity contribution < 1.29 is 0 Å². The fourth-order valence-electron chi connectivity index (χ4n) is 6.05. The van der Waals surface area contributed by atoms with Gasteiger partial charge >= 0.3 is 0 Å². The lowest BCUT2D eigenvalue weighted by Gasteiger charge is -2.28. The Hall–Kier alpha value is -0.520. The van der Waals surface area contributed by atoms with Gasteiger partial charge in [0, 0.05) is 0 Å². The average Bonchev–Trinajstić information content (AvgIpc) is 2.78. The highest BCUT2D eigenvalue weighted by molar-refractivity contribution is 5.40. The molecule has 6 bridgehead atoms. The molecule has 0 amide bonds. The molecule has 5 aliphatic rings. The maximum Gasteiger partial charge on any atom is -0.00163 e. The standard InChI is InChI=1S/C19H28/c1-3-5-7-14-11-13-8-9-16-17-12-15(13)18(14)19(16,17)10-6-4-2/h8-9,11,13,15-18H,3-7,10,12H2,1-2H3. The molecule has 0 aromatic heterocycles. The van der Waals surface area contributed by atoms with Crippen LogP contribution >= 0.6 is 0 Å². The van der Waals surface area contributed by atoms with E-state index >= 15 is 0 Å². The van der Waals surface area contributed by atoms with Crippen LogP contribution < -0.4 is 0 Å². The van der Waals surface area contributed by atoms with E-state index in [1.807, 2.05) is 5.57 Å². The first kappa shape index (κ1) is 12.2. The third-order valence-electron chi connectivity index (χ3n) is 6.79. The first-order valence-corrected chi connectivity index (χ1v) is 8.71. The second kappa shape index (κ2) is 4.24. The van der Waals surface area contributed by atoms with Crippen molar-refractivity contribution in [2.24, 2.45) is 35.0 Å². The summed E-state index contributed by atoms with van der Waals surface area (Å²) in [5.41, 5.74) is 2.62. The predicted octanol–water partition coefficient (Wildman–Crippen LogP) is 5.36. The Morgan fingerprint density at radius 1 is 1.16 bits per heavy atom. The van der Waals surface area contributed by atoms with E-state index in [9.17, 15) is 0 Å². The van der Waals surface area contributed by atoms with E-state index in [0.29, 0.717) is 0 Å². The van der Waals surface area contributed by atoms with Crippen molar-refractivity contribution in [3.8, 4) is 0 Å². The van der Waals surface area contributed by atoms with Gasteiger partial charge in [-0.2, -0.15) is 0 Å². The number of hydrogen-bond acceptors (Lipinski definition) is 0. The van der Waals surface area contributed by atoms with Gasteiger partial charge in [0.25, 0.3) is 0 Å². The summed E-state index contributed by atoms with van der Waals surface area (Å²) < 4.78 is 0. The Bertz CT molecular complexity index is 429. The number of hydrogen-bond donors (Lipinski definition) is 0. The van der Waals surface area contributed by atoms with Crippen LogP contribution in [-0.2, 0) is 0 Å². The van der Waals surface area contributed by atoms with Crippen LogP contribution in [0.25, 0.3) is 0 Å². The van der Waals surface area contributed by atoms with E-state index in [2.05, 4.69) is 32.1 Å². The molecule has 0 radical (unpaired) electrons. The molecular weight excluding hydrogens is 228 g/mol. The van der Waals surface area contributed by atoms with E-state index in [1.165, 1.54) is 38.5 Å². The Balaban J connectivity index is 1.64. The van der Waals surface area contributed by atoms with E-state index in [-0.39, 0.29) is 0 Å². The fourth-order valence-corrected chi connectivity index (χ4v) is 6.05. The Labute approximate surface area is 118 Å². The second-order valence-electron chi connectivity index (χ2n) is 7.53. The molecule has 104 valence electrons. The van der Waals surface area contributed by atoms with Crippen molar-refractivity contribution in [2.75, 3.05) is 0 Å². The molecule has 0 heterocycles. The molecule has 6 atom stereocenters. The Morgan fingerprint density at radius 3 is 2.79 bits per heavy atom. The van der Waals surface area contributed by atoms with E-state index in [0.717, 1.165) is 35.0 Å². The molecule has 0 aliphatic heterocycles. The number of rotatable bonds is 6. The zero-order chi connectivity index (χ0) is 13.0. The van der Waals surface area contributed by atoms with Gasteiger partial charge in [0.15, 0.2) is 0 Å². The minimum atomic E-state index is 0.738. The summed E-state index contributed by atoms with van der Waals surface area (Å²) in [6.45, 7) is 4.69. The predicted molar refractivity (Wildman–Crippen MR) is 80.8 cm³/mol. The Morgan fingerprint density at radius 2 is 2.00 bits per heavy atom. The van der Waals surface area contributed by atoms with Crippen LogP contribution in [-0.4, -0.2) is 0 Å². The van der Waals surface area contributed by atoms with Gasteiger partial charge in [0.2, 0.25) is 0 Å². The topological polar surface area (TPSA) is 0 Å². The van der Waals surface area contributed by atoms with E-state index in [4.69, 9.17) is 0 Å². The van der Waals surface area contributed by atoms with Crippen molar-refractivity contribution >= 4 is 0 Å². The van der Waals surface area contributed by atoms with Gasteiger partial charge < -0.3 is 0 Å². The molecule has 2 fully saturated rings. The highest BCUT2D eigenvalue weighted by atomic mass is 14.8. The molecule has 0 aromatic carbocycles. The van der Waals surface area contributed by atoms with Crippen LogP contribution in [0.15, 0.2) is 23.8 Å². The van der Waals surface area contributed by atoms with Crippen molar-refractivity contribution in [2.45, 2.75) is 58.8 Å². The molecule has 6 unspecified atom stereocenters. The van der Waals surface area contributed by atoms with Gasteiger partial charge in [-0.15, -0.1) is 0 Å². The molecular formula is C19H28. The fraction of sp³-hybridized carbons (Fsp3) is 0.789. The molecule has 0 aromatic rings. The quantitative estimate of drug-likeness (QED) is 0.561. The monoisotopic (exact) mass is 256 g/mol. The van der Waals surface area contributed by atoms with Crippen LogP contribution in [0.5, 0.6) is 0 Å². The van der Waals surface area contributed by atoms with Gasteiger partial charge in [-0.1, -0.05) is 56.9 Å². The summed E-state index contributed by atoms with van der Waals surface area (Å²) in [4.78, 5) is 0. The summed E-state index contributed by atoms with van der Waals surface area (Å²) in [6.07, 6.45) is 17.9. The average molecular weight is 256 g/mol. The molecule has 2 saturated carbocycles. The van der Waals surface area contributed by atoms with Gasteiger partial charge in [-0.05, 0) is 60.7 Å². The maximum absolute atomic E-state index is 2.68. The normalized spacial score (nSPS) is 48.3. The van der Waals surface area contributed by atoms with Crippen molar-refractivity contribution in [3.63, 3.8) is 0 Å². The van der Waals surface area contributed by atoms with Crippen LogP contribution in [0, 0.1) is 35.0 Å². The molecule has 0 spiro atoms. The number of allylic oxidation sites excluding steroid dienone is 4. The minimum Gasteiger partial charge on any atom is -0.0839 e. The summed E-state index contributed by atoms with van der Waals surface area (Å²) in [5.74, 6) is 4.84. The van der Waals surface area contributed by atoms with Crippen molar-refractivity contribution in [1.82, 2.24) is 0 Å². The zero-order valence-corrected chi connectivity index (χ0v) is 12.6. The van der Waals surface area contributed by atoms with E-state index < -0.39 is 0 Å². The molecule has 0 saturated heterocycles. The van der Waals surface area contributed by atoms with Gasteiger partial charge in [0.05, 0.1) is 0 Å². The molecule has 5 aliphatic carbocycles. The molecule has 19 heavy (non-hydrogen) atoms. The number of unbranched alkanes of at least 4 members (excludes halogenated alkanes) is 2. The van der Waals surface area contributed by atoms with Crippen molar-refractivity contribution in [1.29, 1.82) is 0 Å². The third kappa shape index (κ3) is 1.46. The maximum atomic E-state index is 2.68. The van der Waals surface area contributed by atoms with E-state index in [1.54, 1.807) is 6.42 Å². The SMILES string of the molecule is CCCCC1=CC2C=CC3C4CC2C1C34CCCC. The Kier molecular flexibility index (Phi) is 2.73. The van der Waals surface area contributed by atoms with Gasteiger partial charge in [0.1, 0.15) is 0 Å². The van der Waals surface area contributed by atoms with Crippen LogP contribution in [0.3, 0.4) is 0 Å². The smallest absolute Gasteiger partial charge is 0.00163 e. The highest BCUT2D eigenvalue weighted by Crippen LogP contribution is 2.80. The second-order valence-corrected chi connectivity index (χ2v) is 7.53. The summed E-state index contributed by atoms with van der Waals surface area (Å²) in [7, 11) is 0. The lowest BCUT2D eigenvalue weighted by atomic mass is 9.75. The largest absolute Gasteiger partial charge is 0.0839 e. The first-order chi connectivity index (χ1) is 9.32. The first-order valence-electron chi connectivity index (χ1n) is 8.71. The third-order valence-corrected chi connectivity index (χ3v) is 6.79. The van der Waals surface area contributed by atoms with Gasteiger partial charge in [-0.3, -0.25) is 0 Å². The molecule has 0 heteroatoms. The van der Waals surface area contributed by atoms with Crippen LogP contribution in [0.2, 0.25) is 0 Å². The zero-order valence-electron chi connectivity index (χ0n) is 12.6. The molecule has 0 nitrogen and oxygen atoms in total. The van der Waals surface area contributed by atoms with Crippen molar-refractivity contribution in [3.05, 3.63) is 23.8 Å². The lowest BCUT2D eigenvalue weighted by Crippen LogP contribution is -2.22. The highest BCUT2D eigenvalue weighted by Gasteiger charge is 2.74.